The Morgan fingerprint density at radius 1 is 1.40 bits per heavy atom. The number of oxazole rings is 1. The maximum absolute atomic E-state index is 10.6. The molecule has 82 valence electrons. The van der Waals surface area contributed by atoms with Gasteiger partial charge in [-0.2, -0.15) is 4.98 Å². The summed E-state index contributed by atoms with van der Waals surface area (Å²) >= 11 is 0. The van der Waals surface area contributed by atoms with Crippen LogP contribution in [-0.4, -0.2) is 10.9 Å². The molecular formula is C11H16N2O2. The largest absolute Gasteiger partial charge is 0.423 e. The van der Waals surface area contributed by atoms with Crippen LogP contribution in [0.3, 0.4) is 0 Å². The van der Waals surface area contributed by atoms with Crippen molar-refractivity contribution in [3.63, 3.8) is 0 Å². The Bertz CT molecular complexity index is 328. The first-order valence-corrected chi connectivity index (χ1v) is 4.70. The molecule has 4 nitrogen and oxygen atoms in total. The number of hydrogen-bond acceptors (Lipinski definition) is 3. The minimum atomic E-state index is -0.229. The Balaban J connectivity index is 0.000000921. The number of amides is 1. The van der Waals surface area contributed by atoms with Gasteiger partial charge in [-0.25, -0.2) is 0 Å². The molecule has 1 rings (SSSR count). The molecule has 0 atom stereocenters. The average molecular weight is 208 g/mol. The molecule has 1 amide bonds. The van der Waals surface area contributed by atoms with E-state index in [2.05, 4.69) is 23.5 Å². The molecule has 0 unspecified atom stereocenters. The number of anilines is 1. The summed E-state index contributed by atoms with van der Waals surface area (Å²) in [5.41, 5.74) is 0.568. The van der Waals surface area contributed by atoms with Gasteiger partial charge < -0.3 is 4.42 Å². The topological polar surface area (TPSA) is 55.1 Å². The van der Waals surface area contributed by atoms with Gasteiger partial charge in [-0.15, -0.1) is 0 Å². The number of aromatic nitrogens is 1. The zero-order valence-electron chi connectivity index (χ0n) is 9.33. The van der Waals surface area contributed by atoms with Crippen LogP contribution in [0.25, 0.3) is 12.2 Å². The molecule has 0 saturated carbocycles. The fraction of sp³-hybridized carbons (Fsp3) is 0.273. The molecule has 1 aromatic rings. The van der Waals surface area contributed by atoms with Gasteiger partial charge in [0.05, 0.1) is 0 Å². The normalized spacial score (nSPS) is 8.47. The van der Waals surface area contributed by atoms with Gasteiger partial charge in [0.2, 0.25) is 5.91 Å². The molecule has 0 aliphatic carbocycles. The van der Waals surface area contributed by atoms with Crippen LogP contribution in [-0.2, 0) is 4.79 Å². The number of nitrogens with zero attached hydrogens (tertiary/aromatic N) is 1. The van der Waals surface area contributed by atoms with Gasteiger partial charge in [-0.1, -0.05) is 27.0 Å². The Labute approximate surface area is 89.7 Å². The molecule has 15 heavy (non-hydrogen) atoms. The summed E-state index contributed by atoms with van der Waals surface area (Å²) in [6.07, 6.45) is 3.04. The van der Waals surface area contributed by atoms with Crippen molar-refractivity contribution in [2.24, 2.45) is 0 Å². The number of hydrogen-bond donors (Lipinski definition) is 1. The molecular weight excluding hydrogens is 192 g/mol. The predicted octanol–water partition coefficient (Wildman–Crippen LogP) is 2.95. The molecule has 0 bridgehead atoms. The number of carbonyl (C=O) groups excluding carboxylic acids is 1. The first-order chi connectivity index (χ1) is 7.17. The van der Waals surface area contributed by atoms with E-state index in [1.807, 2.05) is 13.8 Å². The summed E-state index contributed by atoms with van der Waals surface area (Å²) in [6, 6.07) is 0.164. The van der Waals surface area contributed by atoms with Crippen LogP contribution in [0, 0.1) is 0 Å². The minimum absolute atomic E-state index is 0.164. The van der Waals surface area contributed by atoms with Gasteiger partial charge in [0.1, 0.15) is 5.69 Å². The fourth-order valence-electron chi connectivity index (χ4n) is 0.840. The van der Waals surface area contributed by atoms with Crippen LogP contribution in [0.5, 0.6) is 0 Å². The van der Waals surface area contributed by atoms with E-state index >= 15 is 0 Å². The van der Waals surface area contributed by atoms with Crippen molar-refractivity contribution >= 4 is 24.1 Å². The number of carbonyl (C=O) groups is 1. The molecule has 0 saturated heterocycles. The maximum Gasteiger partial charge on any atom is 0.302 e. The molecule has 1 heterocycles. The fourth-order valence-corrected chi connectivity index (χ4v) is 0.840. The third-order valence-corrected chi connectivity index (χ3v) is 1.34. The molecule has 0 fully saturated rings. The molecule has 0 aliphatic rings. The second kappa shape index (κ2) is 6.59. The second-order valence-corrected chi connectivity index (χ2v) is 2.36. The molecule has 1 N–H and O–H groups in total. The van der Waals surface area contributed by atoms with E-state index in [1.54, 1.807) is 0 Å². The van der Waals surface area contributed by atoms with Gasteiger partial charge in [0, 0.05) is 6.92 Å². The standard InChI is InChI=1S/C9H10N2O2.C2H6/c1-4-7-8(5-2)13-9(11-7)10-6(3)12;1-2/h4-5H,1-2H2,3H3,(H,10,11,12);1-2H3. The Kier molecular flexibility index (Phi) is 5.78. The second-order valence-electron chi connectivity index (χ2n) is 2.36. The van der Waals surface area contributed by atoms with Gasteiger partial charge in [0.25, 0.3) is 0 Å². The third kappa shape index (κ3) is 3.81. The number of nitrogens with one attached hydrogen (secondary N) is 1. The van der Waals surface area contributed by atoms with Crippen LogP contribution >= 0.6 is 0 Å². The van der Waals surface area contributed by atoms with Crippen molar-refractivity contribution < 1.29 is 9.21 Å². The summed E-state index contributed by atoms with van der Waals surface area (Å²) in [5, 5.41) is 2.42. The molecule has 0 spiro atoms. The van der Waals surface area contributed by atoms with E-state index in [4.69, 9.17) is 4.42 Å². The highest BCUT2D eigenvalue weighted by molar-refractivity contribution is 5.86. The third-order valence-electron chi connectivity index (χ3n) is 1.34. The van der Waals surface area contributed by atoms with Crippen LogP contribution in [0.15, 0.2) is 17.6 Å². The Hall–Kier alpha value is -1.84. The van der Waals surface area contributed by atoms with E-state index in [1.165, 1.54) is 19.1 Å². The monoisotopic (exact) mass is 208 g/mol. The van der Waals surface area contributed by atoms with Crippen LogP contribution in [0.1, 0.15) is 32.2 Å². The first kappa shape index (κ1) is 13.2. The van der Waals surface area contributed by atoms with Gasteiger partial charge in [0.15, 0.2) is 5.76 Å². The Morgan fingerprint density at radius 2 is 2.00 bits per heavy atom. The highest BCUT2D eigenvalue weighted by Crippen LogP contribution is 2.16. The van der Waals surface area contributed by atoms with Crippen molar-refractivity contribution in [1.29, 1.82) is 0 Å². The van der Waals surface area contributed by atoms with E-state index in [9.17, 15) is 4.79 Å². The highest BCUT2D eigenvalue weighted by atomic mass is 16.4. The van der Waals surface area contributed by atoms with Crippen LogP contribution < -0.4 is 5.32 Å². The van der Waals surface area contributed by atoms with Crippen molar-refractivity contribution in [3.8, 4) is 0 Å². The molecule has 1 aromatic heterocycles. The zero-order chi connectivity index (χ0) is 11.8. The van der Waals surface area contributed by atoms with Crippen molar-refractivity contribution in [2.45, 2.75) is 20.8 Å². The lowest BCUT2D eigenvalue weighted by atomic mass is 10.3. The van der Waals surface area contributed by atoms with Gasteiger partial charge in [-0.05, 0) is 12.2 Å². The summed E-state index contributed by atoms with van der Waals surface area (Å²) in [4.78, 5) is 14.6. The molecule has 0 radical (unpaired) electrons. The summed E-state index contributed by atoms with van der Waals surface area (Å²) in [6.45, 7) is 12.5. The first-order valence-electron chi connectivity index (χ1n) is 4.70. The van der Waals surface area contributed by atoms with Gasteiger partial charge >= 0.3 is 6.01 Å². The number of rotatable bonds is 3. The lowest BCUT2D eigenvalue weighted by Gasteiger charge is -1.90. The van der Waals surface area contributed by atoms with E-state index in [-0.39, 0.29) is 11.9 Å². The smallest absolute Gasteiger partial charge is 0.302 e. The molecule has 0 aromatic carbocycles. The maximum atomic E-state index is 10.6. The van der Waals surface area contributed by atoms with E-state index in [0.29, 0.717) is 11.5 Å². The predicted molar refractivity (Wildman–Crippen MR) is 62.3 cm³/mol. The van der Waals surface area contributed by atoms with Crippen LogP contribution in [0.4, 0.5) is 6.01 Å². The molecule has 0 aliphatic heterocycles. The Morgan fingerprint density at radius 3 is 2.33 bits per heavy atom. The van der Waals surface area contributed by atoms with Gasteiger partial charge in [-0.3, -0.25) is 10.1 Å². The summed E-state index contributed by atoms with van der Waals surface area (Å²) in [7, 11) is 0. The van der Waals surface area contributed by atoms with Crippen molar-refractivity contribution in [3.05, 3.63) is 24.6 Å². The lowest BCUT2D eigenvalue weighted by Crippen LogP contribution is -2.05. The summed E-state index contributed by atoms with van der Waals surface area (Å²) < 4.78 is 5.13. The van der Waals surface area contributed by atoms with E-state index < -0.39 is 0 Å². The zero-order valence-corrected chi connectivity index (χ0v) is 9.33. The average Bonchev–Trinajstić information content (AvgIpc) is 2.62. The van der Waals surface area contributed by atoms with E-state index in [0.717, 1.165) is 0 Å². The minimum Gasteiger partial charge on any atom is -0.423 e. The summed E-state index contributed by atoms with van der Waals surface area (Å²) in [5.74, 6) is 0.270. The lowest BCUT2D eigenvalue weighted by molar-refractivity contribution is -0.114. The van der Waals surface area contributed by atoms with Crippen molar-refractivity contribution in [2.75, 3.05) is 5.32 Å². The molecule has 4 heteroatoms. The van der Waals surface area contributed by atoms with Crippen LogP contribution in [0.2, 0.25) is 0 Å². The quantitative estimate of drug-likeness (QED) is 0.830. The van der Waals surface area contributed by atoms with Crippen molar-refractivity contribution in [1.82, 2.24) is 4.98 Å². The SMILES string of the molecule is C=Cc1nc(NC(C)=O)oc1C=C.CC. The highest BCUT2D eigenvalue weighted by Gasteiger charge is 2.07.